The predicted molar refractivity (Wildman–Crippen MR) is 194 cm³/mol. The van der Waals surface area contributed by atoms with Crippen LogP contribution in [0.15, 0.2) is 88.9 Å². The largest absolute Gasteiger partial charge is 0.507 e. The van der Waals surface area contributed by atoms with Crippen LogP contribution in [0.5, 0.6) is 17.2 Å². The number of fused-ring (bicyclic) bond motifs is 6. The van der Waals surface area contributed by atoms with Gasteiger partial charge in [0.2, 0.25) is 5.78 Å². The van der Waals surface area contributed by atoms with E-state index in [2.05, 4.69) is 9.97 Å². The number of carbonyl (C=O) groups is 3. The first-order valence-electron chi connectivity index (χ1n) is 17.8. The minimum atomic E-state index is -2.65. The maximum Gasteiger partial charge on any atom is 0.331 e. The third-order valence-corrected chi connectivity index (χ3v) is 10.6. The number of esters is 1. The molecule has 4 heterocycles. The number of aliphatic imine (C=N–C) groups is 1. The Morgan fingerprint density at radius 2 is 1.98 bits per heavy atom. The summed E-state index contributed by atoms with van der Waals surface area (Å²) < 4.78 is 24.6. The van der Waals surface area contributed by atoms with E-state index in [0.29, 0.717) is 24.2 Å². The molecule has 0 saturated carbocycles. The van der Waals surface area contributed by atoms with Crippen LogP contribution >= 0.6 is 0 Å². The van der Waals surface area contributed by atoms with Crippen molar-refractivity contribution in [1.29, 1.82) is 0 Å². The number of aromatic hydroxyl groups is 1. The molecule has 3 aliphatic carbocycles. The molecule has 13 heteroatoms. The number of nitrogens with one attached hydrogen (secondary N) is 1. The van der Waals surface area contributed by atoms with Crippen LogP contribution in [-0.4, -0.2) is 69.0 Å². The van der Waals surface area contributed by atoms with Crippen LogP contribution in [0.3, 0.4) is 0 Å². The van der Waals surface area contributed by atoms with Crippen molar-refractivity contribution in [3.63, 3.8) is 0 Å². The van der Waals surface area contributed by atoms with E-state index in [1.54, 1.807) is 37.4 Å². The van der Waals surface area contributed by atoms with Gasteiger partial charge in [0.25, 0.3) is 5.56 Å². The number of hydrogen-bond acceptors (Lipinski definition) is 12. The fourth-order valence-electron chi connectivity index (χ4n) is 8.21. The second-order valence-electron chi connectivity index (χ2n) is 13.8. The lowest BCUT2D eigenvalue weighted by molar-refractivity contribution is -0.146. The highest BCUT2D eigenvalue weighted by atomic mass is 16.7. The lowest BCUT2D eigenvalue weighted by Gasteiger charge is -2.48. The standard InChI is InChI=1S/C41H37N3O10/c1-3-4-5-6-7-14-28(45)53-26-13-10-12-23-33(43-17-15-22-11-8-9-16-42-22)31-35(47)32-30-27(51-20-52-37(30)38(31)54-36(23)26)19-25-34(46)24-18-21(2)44-40(49)29(24)39(48)41(25,32)50/h3-11,13-14,16,18,23,25-27,36,47,50H,12,15,17,19-20H2,1-2H3,(H,44,49)/b4-3+,6-5+,14-7+,43-33?/t23-,25+,26+,27+,36-,41+/m0/s1. The van der Waals surface area contributed by atoms with Crippen molar-refractivity contribution >= 4 is 23.2 Å². The topological polar surface area (TPSA) is 187 Å². The number of Topliss-reactive ketones (excluding diaryl/α,β-unsaturated/α-hetero) is 2. The molecule has 1 aromatic carbocycles. The Morgan fingerprint density at radius 1 is 1.15 bits per heavy atom. The van der Waals surface area contributed by atoms with Crippen molar-refractivity contribution in [2.24, 2.45) is 16.8 Å². The number of carbonyl (C=O) groups excluding carboxylic acids is 3. The highest BCUT2D eigenvalue weighted by molar-refractivity contribution is 6.20. The van der Waals surface area contributed by atoms with Crippen molar-refractivity contribution in [1.82, 2.24) is 9.97 Å². The summed E-state index contributed by atoms with van der Waals surface area (Å²) in [6, 6.07) is 6.97. The number of ketones is 2. The number of H-pyrrole nitrogens is 1. The van der Waals surface area contributed by atoms with Gasteiger partial charge < -0.3 is 34.1 Å². The molecule has 5 aliphatic rings. The number of nitrogens with zero attached hydrogens (tertiary/aromatic N) is 2. The van der Waals surface area contributed by atoms with E-state index in [-0.39, 0.29) is 53.5 Å². The van der Waals surface area contributed by atoms with Crippen LogP contribution < -0.4 is 15.0 Å². The summed E-state index contributed by atoms with van der Waals surface area (Å²) >= 11 is 0. The van der Waals surface area contributed by atoms with Gasteiger partial charge in [0.1, 0.15) is 11.9 Å². The number of allylic oxidation sites excluding steroid dienone is 6. The summed E-state index contributed by atoms with van der Waals surface area (Å²) in [5, 5.41) is 25.0. The molecule has 54 heavy (non-hydrogen) atoms. The molecule has 0 radical (unpaired) electrons. The fraction of sp³-hybridized carbons (Fsp3) is 0.317. The first-order chi connectivity index (χ1) is 26.1. The quantitative estimate of drug-likeness (QED) is 0.135. The van der Waals surface area contributed by atoms with Crippen molar-refractivity contribution in [2.45, 2.75) is 57.0 Å². The van der Waals surface area contributed by atoms with Gasteiger partial charge in [-0.05, 0) is 51.0 Å². The third kappa shape index (κ3) is 5.62. The van der Waals surface area contributed by atoms with E-state index < -0.39 is 70.2 Å². The number of phenolic OH excluding ortho intramolecular Hbond substituents is 1. The third-order valence-electron chi connectivity index (χ3n) is 10.6. The average Bonchev–Trinajstić information content (AvgIpc) is 3.16. The van der Waals surface area contributed by atoms with Gasteiger partial charge in [0, 0.05) is 59.2 Å². The SMILES string of the molecule is C/C=C/C=C/C=C/C(=O)O[C@@H]1C=CC[C@H]2C(=NCCc3ccccn3)c3c(O)c4c5c(c3O[C@H]12)OCO[C@@H]5C[C@@H]1C(=O)c2cc(C)[nH]c(=O)c2C(=O)[C@]41O. The zero-order valence-corrected chi connectivity index (χ0v) is 29.5. The molecular weight excluding hydrogens is 694 g/mol. The average molecular weight is 732 g/mol. The first-order valence-corrected chi connectivity index (χ1v) is 17.8. The van der Waals surface area contributed by atoms with E-state index in [1.807, 2.05) is 43.4 Å². The number of phenols is 1. The fourth-order valence-corrected chi connectivity index (χ4v) is 8.21. The zero-order chi connectivity index (χ0) is 37.7. The van der Waals surface area contributed by atoms with Gasteiger partial charge in [-0.15, -0.1) is 0 Å². The van der Waals surface area contributed by atoms with Gasteiger partial charge in [-0.25, -0.2) is 4.79 Å². The number of pyridine rings is 2. The minimum Gasteiger partial charge on any atom is -0.507 e. The van der Waals surface area contributed by atoms with Gasteiger partial charge >= 0.3 is 5.97 Å². The maximum atomic E-state index is 14.4. The lowest BCUT2D eigenvalue weighted by Crippen LogP contribution is -2.56. The molecule has 2 aromatic heterocycles. The molecule has 6 atom stereocenters. The Kier molecular flexibility index (Phi) is 8.98. The summed E-state index contributed by atoms with van der Waals surface area (Å²) in [6.45, 7) is 3.45. The van der Waals surface area contributed by atoms with Gasteiger partial charge in [-0.1, -0.05) is 42.5 Å². The maximum absolute atomic E-state index is 14.4. The number of aryl methyl sites for hydroxylation is 1. The second kappa shape index (κ2) is 13.8. The van der Waals surface area contributed by atoms with E-state index in [9.17, 15) is 29.4 Å². The van der Waals surface area contributed by atoms with Crippen LogP contribution in [0.2, 0.25) is 0 Å². The summed E-state index contributed by atoms with van der Waals surface area (Å²) in [7, 11) is 0. The van der Waals surface area contributed by atoms with Crippen LogP contribution in [0, 0.1) is 18.8 Å². The summed E-state index contributed by atoms with van der Waals surface area (Å²) in [5.74, 6) is -4.56. The molecule has 0 unspecified atom stereocenters. The number of ether oxygens (including phenoxy) is 4. The number of aromatic nitrogens is 2. The predicted octanol–water partition coefficient (Wildman–Crippen LogP) is 4.45. The molecule has 13 nitrogen and oxygen atoms in total. The van der Waals surface area contributed by atoms with E-state index >= 15 is 0 Å². The zero-order valence-electron chi connectivity index (χ0n) is 29.5. The molecule has 276 valence electrons. The number of hydrogen-bond donors (Lipinski definition) is 3. The second-order valence-corrected chi connectivity index (χ2v) is 13.8. The molecular formula is C41H37N3O10. The number of aromatic amines is 1. The van der Waals surface area contributed by atoms with Gasteiger partial charge in [0.05, 0.1) is 28.9 Å². The highest BCUT2D eigenvalue weighted by Crippen LogP contribution is 2.62. The Bertz CT molecular complexity index is 2290. The van der Waals surface area contributed by atoms with Crippen LogP contribution in [-0.2, 0) is 26.3 Å². The number of benzene rings is 1. The lowest BCUT2D eigenvalue weighted by atomic mass is 9.60. The van der Waals surface area contributed by atoms with E-state index in [0.717, 1.165) is 5.69 Å². The summed E-state index contributed by atoms with van der Waals surface area (Å²) in [4.78, 5) is 66.6. The van der Waals surface area contributed by atoms with Gasteiger partial charge in [-0.2, -0.15) is 0 Å². The van der Waals surface area contributed by atoms with Crippen LogP contribution in [0.25, 0.3) is 0 Å². The van der Waals surface area contributed by atoms with Crippen LogP contribution in [0.1, 0.15) is 74.7 Å². The molecule has 0 spiro atoms. The number of rotatable bonds is 7. The van der Waals surface area contributed by atoms with Gasteiger partial charge in [0.15, 0.2) is 35.8 Å². The summed E-state index contributed by atoms with van der Waals surface area (Å²) in [5.41, 5.74) is -2.61. The Labute approximate surface area is 309 Å². The normalized spacial score (nSPS) is 27.2. The van der Waals surface area contributed by atoms with Gasteiger partial charge in [-0.3, -0.25) is 24.4 Å². The first kappa shape index (κ1) is 35.1. The summed E-state index contributed by atoms with van der Waals surface area (Å²) in [6.07, 6.45) is 13.4. The number of aliphatic hydroxyl groups is 1. The van der Waals surface area contributed by atoms with E-state index in [4.69, 9.17) is 23.9 Å². The van der Waals surface area contributed by atoms with Crippen molar-refractivity contribution in [2.75, 3.05) is 13.3 Å². The molecule has 0 saturated heterocycles. The van der Waals surface area contributed by atoms with Crippen molar-refractivity contribution in [3.05, 3.63) is 129 Å². The Hall–Kier alpha value is -5.92. The molecule has 0 bridgehead atoms. The molecule has 2 aliphatic heterocycles. The highest BCUT2D eigenvalue weighted by Gasteiger charge is 2.63. The molecule has 3 N–H and O–H groups in total. The van der Waals surface area contributed by atoms with E-state index in [1.165, 1.54) is 12.1 Å². The molecule has 0 fully saturated rings. The minimum absolute atomic E-state index is 0.0685. The Balaban J connectivity index is 1.28. The monoisotopic (exact) mass is 731 g/mol. The molecule has 3 aromatic rings. The molecule has 0 amide bonds. The molecule has 8 rings (SSSR count). The smallest absolute Gasteiger partial charge is 0.331 e. The van der Waals surface area contributed by atoms with Crippen molar-refractivity contribution in [3.8, 4) is 17.2 Å². The van der Waals surface area contributed by atoms with Crippen LogP contribution in [0.4, 0.5) is 0 Å². The van der Waals surface area contributed by atoms with Crippen molar-refractivity contribution < 1.29 is 43.5 Å². The Morgan fingerprint density at radius 3 is 2.78 bits per heavy atom.